The molecule has 0 bridgehead atoms. The van der Waals surface area contributed by atoms with Crippen LogP contribution in [-0.4, -0.2) is 31.0 Å². The van der Waals surface area contributed by atoms with E-state index in [4.69, 9.17) is 9.84 Å². The van der Waals surface area contributed by atoms with Gasteiger partial charge < -0.3 is 9.84 Å². The molecular weight excluding hydrogens is 146 g/mol. The number of esters is 1. The van der Waals surface area contributed by atoms with Crippen molar-refractivity contribution in [2.45, 2.75) is 18.9 Å². The summed E-state index contributed by atoms with van der Waals surface area (Å²) in [5.74, 6) is -0.275. The minimum atomic E-state index is -0.290. The van der Waals surface area contributed by atoms with Crippen LogP contribution in [0.15, 0.2) is 0 Å². The lowest BCUT2D eigenvalue weighted by Gasteiger charge is -2.28. The zero-order chi connectivity index (χ0) is 8.27. The van der Waals surface area contributed by atoms with Gasteiger partial charge in [-0.3, -0.25) is 10.1 Å². The Morgan fingerprint density at radius 1 is 1.73 bits per heavy atom. The highest BCUT2D eigenvalue weighted by Crippen LogP contribution is 2.27. The Hall–Kier alpha value is -0.610. The second-order valence-corrected chi connectivity index (χ2v) is 2.78. The fourth-order valence-electron chi connectivity index (χ4n) is 1.04. The van der Waals surface area contributed by atoms with Crippen LogP contribution in [0.1, 0.15) is 12.8 Å². The molecule has 1 rings (SSSR count). The van der Waals surface area contributed by atoms with Gasteiger partial charge in [-0.1, -0.05) is 0 Å². The van der Waals surface area contributed by atoms with Crippen LogP contribution in [0.5, 0.6) is 0 Å². The van der Waals surface area contributed by atoms with Crippen molar-refractivity contribution in [2.75, 3.05) is 13.8 Å². The van der Waals surface area contributed by atoms with E-state index in [0.29, 0.717) is 12.8 Å². The van der Waals surface area contributed by atoms with Crippen LogP contribution in [0.3, 0.4) is 0 Å². The molecule has 64 valence electrons. The van der Waals surface area contributed by atoms with Crippen molar-refractivity contribution < 1.29 is 14.6 Å². The highest BCUT2D eigenvalue weighted by molar-refractivity contribution is 5.73. The SMILES string of the molecule is CNCOC(=O)C1CC(O)C1. The van der Waals surface area contributed by atoms with Crippen molar-refractivity contribution in [3.63, 3.8) is 0 Å². The average molecular weight is 159 g/mol. The van der Waals surface area contributed by atoms with E-state index in [1.54, 1.807) is 7.05 Å². The first-order valence-corrected chi connectivity index (χ1v) is 3.73. The normalized spacial score (nSPS) is 29.3. The third-order valence-electron chi connectivity index (χ3n) is 1.81. The summed E-state index contributed by atoms with van der Waals surface area (Å²) in [5, 5.41) is 11.6. The average Bonchev–Trinajstić information content (AvgIpc) is 1.94. The highest BCUT2D eigenvalue weighted by atomic mass is 16.5. The zero-order valence-electron chi connectivity index (χ0n) is 6.54. The van der Waals surface area contributed by atoms with Gasteiger partial charge in [0.15, 0.2) is 0 Å². The van der Waals surface area contributed by atoms with E-state index in [9.17, 15) is 4.79 Å². The number of ether oxygens (including phenoxy) is 1. The maximum atomic E-state index is 11.0. The van der Waals surface area contributed by atoms with Gasteiger partial charge >= 0.3 is 5.97 Å². The number of carbonyl (C=O) groups excluding carboxylic acids is 1. The Bertz CT molecular complexity index is 143. The first-order chi connectivity index (χ1) is 5.24. The Morgan fingerprint density at radius 3 is 2.82 bits per heavy atom. The van der Waals surface area contributed by atoms with Gasteiger partial charge in [0.05, 0.1) is 12.0 Å². The lowest BCUT2D eigenvalue weighted by Crippen LogP contribution is -2.36. The van der Waals surface area contributed by atoms with Gasteiger partial charge in [-0.2, -0.15) is 0 Å². The molecule has 0 amide bonds. The maximum absolute atomic E-state index is 11.0. The monoisotopic (exact) mass is 159 g/mol. The molecular formula is C7H13NO3. The summed E-state index contributed by atoms with van der Waals surface area (Å²) in [5.41, 5.74) is 0. The van der Waals surface area contributed by atoms with Crippen molar-refractivity contribution in [3.05, 3.63) is 0 Å². The van der Waals surface area contributed by atoms with Crippen LogP contribution in [0, 0.1) is 5.92 Å². The number of aliphatic hydroxyl groups excluding tert-OH is 1. The standard InChI is InChI=1S/C7H13NO3/c1-8-4-11-7(10)5-2-6(9)3-5/h5-6,8-9H,2-4H2,1H3. The van der Waals surface area contributed by atoms with Gasteiger partial charge in [0.25, 0.3) is 0 Å². The van der Waals surface area contributed by atoms with E-state index < -0.39 is 0 Å². The number of carbonyl (C=O) groups is 1. The van der Waals surface area contributed by atoms with E-state index in [0.717, 1.165) is 0 Å². The molecule has 0 saturated heterocycles. The molecule has 0 aromatic heterocycles. The van der Waals surface area contributed by atoms with Gasteiger partial charge in [-0.25, -0.2) is 0 Å². The number of hydrogen-bond acceptors (Lipinski definition) is 4. The van der Waals surface area contributed by atoms with Crippen LogP contribution in [-0.2, 0) is 9.53 Å². The number of aliphatic hydroxyl groups is 1. The van der Waals surface area contributed by atoms with Gasteiger partial charge in [-0.05, 0) is 19.9 Å². The first-order valence-electron chi connectivity index (χ1n) is 3.73. The van der Waals surface area contributed by atoms with Gasteiger partial charge in [0.1, 0.15) is 6.73 Å². The molecule has 2 N–H and O–H groups in total. The topological polar surface area (TPSA) is 58.6 Å². The number of hydrogen-bond donors (Lipinski definition) is 2. The third-order valence-corrected chi connectivity index (χ3v) is 1.81. The van der Waals surface area contributed by atoms with Crippen molar-refractivity contribution in [2.24, 2.45) is 5.92 Å². The minimum Gasteiger partial charge on any atom is -0.450 e. The lowest BCUT2D eigenvalue weighted by molar-refractivity contribution is -0.156. The molecule has 0 spiro atoms. The first kappa shape index (κ1) is 8.49. The number of nitrogens with one attached hydrogen (secondary N) is 1. The van der Waals surface area contributed by atoms with E-state index in [1.807, 2.05) is 0 Å². The molecule has 1 aliphatic carbocycles. The van der Waals surface area contributed by atoms with Gasteiger partial charge in [-0.15, -0.1) is 0 Å². The predicted molar refractivity (Wildman–Crippen MR) is 38.7 cm³/mol. The Labute approximate surface area is 65.5 Å². The molecule has 0 atom stereocenters. The molecule has 0 aromatic rings. The number of rotatable bonds is 3. The van der Waals surface area contributed by atoms with E-state index in [2.05, 4.69) is 5.32 Å². The summed E-state index contributed by atoms with van der Waals surface area (Å²) in [6, 6.07) is 0. The molecule has 0 radical (unpaired) electrons. The molecule has 0 aromatic carbocycles. The van der Waals surface area contributed by atoms with Crippen LogP contribution < -0.4 is 5.32 Å². The fourth-order valence-corrected chi connectivity index (χ4v) is 1.04. The van der Waals surface area contributed by atoms with E-state index in [-0.39, 0.29) is 24.7 Å². The fraction of sp³-hybridized carbons (Fsp3) is 0.857. The van der Waals surface area contributed by atoms with Crippen molar-refractivity contribution in [1.82, 2.24) is 5.32 Å². The molecule has 0 heterocycles. The minimum absolute atomic E-state index is 0.0710. The second kappa shape index (κ2) is 3.69. The smallest absolute Gasteiger partial charge is 0.310 e. The van der Waals surface area contributed by atoms with E-state index >= 15 is 0 Å². The van der Waals surface area contributed by atoms with Gasteiger partial charge in [0, 0.05) is 0 Å². The Balaban J connectivity index is 2.11. The zero-order valence-corrected chi connectivity index (χ0v) is 6.54. The van der Waals surface area contributed by atoms with Crippen molar-refractivity contribution >= 4 is 5.97 Å². The molecule has 11 heavy (non-hydrogen) atoms. The summed E-state index contributed by atoms with van der Waals surface area (Å²) < 4.78 is 4.78. The van der Waals surface area contributed by atoms with Crippen LogP contribution in [0.4, 0.5) is 0 Å². The molecule has 1 aliphatic rings. The molecule has 0 unspecified atom stereocenters. The largest absolute Gasteiger partial charge is 0.450 e. The second-order valence-electron chi connectivity index (χ2n) is 2.78. The van der Waals surface area contributed by atoms with Crippen LogP contribution >= 0.6 is 0 Å². The highest BCUT2D eigenvalue weighted by Gasteiger charge is 2.34. The third kappa shape index (κ3) is 2.17. The molecule has 0 aliphatic heterocycles. The molecule has 1 saturated carbocycles. The summed E-state index contributed by atoms with van der Waals surface area (Å²) in [6.07, 6.45) is 0.826. The Morgan fingerprint density at radius 2 is 2.36 bits per heavy atom. The Kier molecular flexibility index (Phi) is 2.84. The van der Waals surface area contributed by atoms with Crippen LogP contribution in [0.2, 0.25) is 0 Å². The summed E-state index contributed by atoms with van der Waals surface area (Å²) in [7, 11) is 1.71. The summed E-state index contributed by atoms with van der Waals surface area (Å²) in [6.45, 7) is 0.255. The molecule has 1 fully saturated rings. The summed E-state index contributed by atoms with van der Waals surface area (Å²) >= 11 is 0. The van der Waals surface area contributed by atoms with Crippen molar-refractivity contribution in [1.29, 1.82) is 0 Å². The maximum Gasteiger partial charge on any atom is 0.310 e. The predicted octanol–water partition coefficient (Wildman–Crippen LogP) is -0.523. The van der Waals surface area contributed by atoms with Crippen LogP contribution in [0.25, 0.3) is 0 Å². The van der Waals surface area contributed by atoms with Crippen molar-refractivity contribution in [3.8, 4) is 0 Å². The quantitative estimate of drug-likeness (QED) is 0.429. The van der Waals surface area contributed by atoms with Gasteiger partial charge in [0.2, 0.25) is 0 Å². The summed E-state index contributed by atoms with van der Waals surface area (Å²) in [4.78, 5) is 11.0. The molecule has 4 heteroatoms. The van der Waals surface area contributed by atoms with E-state index in [1.165, 1.54) is 0 Å². The lowest BCUT2D eigenvalue weighted by atomic mass is 9.83. The molecule has 4 nitrogen and oxygen atoms in total.